The van der Waals surface area contributed by atoms with Crippen molar-refractivity contribution >= 4 is 56.9 Å². The van der Waals surface area contributed by atoms with Gasteiger partial charge in [0.2, 0.25) is 17.7 Å². The first-order valence-corrected chi connectivity index (χ1v) is 19.8. The summed E-state index contributed by atoms with van der Waals surface area (Å²) in [6.07, 6.45) is 6.88. The molecule has 0 spiro atoms. The number of benzene rings is 3. The van der Waals surface area contributed by atoms with Gasteiger partial charge in [0.1, 0.15) is 0 Å². The lowest BCUT2D eigenvalue weighted by Gasteiger charge is -2.23. The van der Waals surface area contributed by atoms with Crippen molar-refractivity contribution < 1.29 is 28.8 Å². The third-order valence-corrected chi connectivity index (χ3v) is 10.8. The minimum absolute atomic E-state index is 0.158. The number of Topliss-reactive ketones (excluding diaryl/α,β-unsaturated/α-hetero) is 3. The molecule has 306 valence electrons. The molecule has 3 aromatic carbocycles. The van der Waals surface area contributed by atoms with Crippen LogP contribution in [0.5, 0.6) is 0 Å². The highest BCUT2D eigenvalue weighted by molar-refractivity contribution is 5.96. The van der Waals surface area contributed by atoms with Gasteiger partial charge in [-0.3, -0.25) is 28.8 Å². The van der Waals surface area contributed by atoms with Gasteiger partial charge in [0.25, 0.3) is 0 Å². The number of nitrogens with one attached hydrogen (secondary N) is 5. The van der Waals surface area contributed by atoms with E-state index in [1.165, 1.54) is 6.33 Å². The molecule has 3 amide bonds. The van der Waals surface area contributed by atoms with Crippen LogP contribution < -0.4 is 22.1 Å². The van der Waals surface area contributed by atoms with Gasteiger partial charge < -0.3 is 37.1 Å². The molecule has 9 N–H and O–H groups in total. The van der Waals surface area contributed by atoms with Crippen molar-refractivity contribution in [3.8, 4) is 0 Å². The second kappa shape index (κ2) is 19.7. The Bertz CT molecular complexity index is 2400. The number of hydrogen-bond donors (Lipinski definition) is 7. The fourth-order valence-corrected chi connectivity index (χ4v) is 7.39. The Morgan fingerprint density at radius 3 is 1.86 bits per heavy atom. The molecular weight excluding hydrogens is 749 g/mol. The number of carbonyl (C=O) groups excluding carboxylic acids is 6. The summed E-state index contributed by atoms with van der Waals surface area (Å²) >= 11 is 0. The van der Waals surface area contributed by atoms with E-state index in [1.807, 2.05) is 85.1 Å². The minimum atomic E-state index is -0.991. The summed E-state index contributed by atoms with van der Waals surface area (Å²) in [4.78, 5) is 94.1. The topological polar surface area (TPSA) is 239 Å². The maximum absolute atomic E-state index is 14.2. The van der Waals surface area contributed by atoms with E-state index in [1.54, 1.807) is 19.3 Å². The normalized spacial score (nSPS) is 13.9. The third-order valence-electron chi connectivity index (χ3n) is 10.8. The smallest absolute Gasteiger partial charge is 0.224 e. The van der Waals surface area contributed by atoms with E-state index in [4.69, 9.17) is 11.5 Å². The van der Waals surface area contributed by atoms with Crippen molar-refractivity contribution in [2.75, 3.05) is 6.54 Å². The molecule has 6 aromatic rings. The summed E-state index contributed by atoms with van der Waals surface area (Å²) in [7, 11) is 0. The van der Waals surface area contributed by atoms with E-state index in [9.17, 15) is 28.8 Å². The minimum Gasteiger partial charge on any atom is -0.369 e. The predicted octanol–water partition coefficient (Wildman–Crippen LogP) is 3.80. The highest BCUT2D eigenvalue weighted by Gasteiger charge is 2.31. The summed E-state index contributed by atoms with van der Waals surface area (Å²) in [5, 5.41) is 7.44. The number of H-pyrrole nitrogens is 3. The predicted molar refractivity (Wildman–Crippen MR) is 224 cm³/mol. The average Bonchev–Trinajstić information content (AvgIpc) is 4.00. The highest BCUT2D eigenvalue weighted by atomic mass is 16.2. The molecule has 59 heavy (non-hydrogen) atoms. The van der Waals surface area contributed by atoms with Gasteiger partial charge in [0, 0.05) is 89.5 Å². The molecule has 0 saturated carbocycles. The molecular formula is C45H50N8O6. The number of ketones is 3. The van der Waals surface area contributed by atoms with E-state index in [2.05, 4.69) is 30.6 Å². The summed E-state index contributed by atoms with van der Waals surface area (Å²) in [6.45, 7) is 1.17. The van der Waals surface area contributed by atoms with E-state index in [0.29, 0.717) is 5.69 Å². The number of aromatic amines is 3. The largest absolute Gasteiger partial charge is 0.369 e. The third kappa shape index (κ3) is 11.3. The van der Waals surface area contributed by atoms with Crippen LogP contribution in [-0.4, -0.2) is 73.6 Å². The van der Waals surface area contributed by atoms with Crippen LogP contribution >= 0.6 is 0 Å². The Morgan fingerprint density at radius 1 is 0.678 bits per heavy atom. The van der Waals surface area contributed by atoms with Gasteiger partial charge >= 0.3 is 0 Å². The monoisotopic (exact) mass is 798 g/mol. The van der Waals surface area contributed by atoms with E-state index in [0.717, 1.165) is 38.5 Å². The van der Waals surface area contributed by atoms with Crippen molar-refractivity contribution in [2.24, 2.45) is 29.2 Å². The molecule has 5 atom stereocenters. The number of imidazole rings is 1. The first-order valence-electron chi connectivity index (χ1n) is 19.8. The number of para-hydroxylation sites is 2. The standard InChI is InChI=1S/C45H50N8O6/c1-27(43(47)57)15-42(56)40(16-28-9-3-2-4-10-28)53-45(59)29(17-31-22-49-38-13-7-5-11-35(31)38)19-34(54)25-51-44(58)30(18-32-23-50-39-14-8-6-12-36(32)39)20-41(55)37(46)21-33-24-48-26-52-33/h2-14,22-24,26-27,29-30,37,40,49-50H,15-21,25,46H2,1H3,(H2,47,57)(H,48,52)(H,51,58)(H,53,59)/t27-,29-,30+,37+,40-/m1/s1. The summed E-state index contributed by atoms with van der Waals surface area (Å²) in [5.41, 5.74) is 16.6. The Kier molecular flexibility index (Phi) is 14.0. The summed E-state index contributed by atoms with van der Waals surface area (Å²) in [6, 6.07) is 22.5. The van der Waals surface area contributed by atoms with Gasteiger partial charge in [0.15, 0.2) is 17.3 Å². The molecule has 0 bridgehead atoms. The van der Waals surface area contributed by atoms with Crippen LogP contribution in [0.25, 0.3) is 21.8 Å². The van der Waals surface area contributed by atoms with Gasteiger partial charge in [-0.25, -0.2) is 4.98 Å². The quantitative estimate of drug-likeness (QED) is 0.0532. The number of nitrogens with two attached hydrogens (primary N) is 2. The number of primary amides is 1. The Labute approximate surface area is 341 Å². The summed E-state index contributed by atoms with van der Waals surface area (Å²) in [5.74, 6) is -5.26. The number of nitrogens with zero attached hydrogens (tertiary/aromatic N) is 1. The van der Waals surface area contributed by atoms with Crippen LogP contribution in [0.2, 0.25) is 0 Å². The fourth-order valence-electron chi connectivity index (χ4n) is 7.39. The molecule has 0 radical (unpaired) electrons. The molecule has 0 fully saturated rings. The van der Waals surface area contributed by atoms with Crippen molar-refractivity contribution in [3.63, 3.8) is 0 Å². The van der Waals surface area contributed by atoms with Gasteiger partial charge in [-0.2, -0.15) is 0 Å². The molecule has 0 unspecified atom stereocenters. The Balaban J connectivity index is 1.19. The number of fused-ring (bicyclic) bond motifs is 2. The maximum Gasteiger partial charge on any atom is 0.224 e. The molecule has 0 aliphatic carbocycles. The lowest BCUT2D eigenvalue weighted by molar-refractivity contribution is -0.134. The molecule has 3 heterocycles. The number of aromatic nitrogens is 4. The zero-order valence-corrected chi connectivity index (χ0v) is 32.9. The first kappa shape index (κ1) is 41.9. The zero-order chi connectivity index (χ0) is 41.9. The summed E-state index contributed by atoms with van der Waals surface area (Å²) < 4.78 is 0. The van der Waals surface area contributed by atoms with Crippen LogP contribution in [0.1, 0.15) is 48.6 Å². The molecule has 6 rings (SSSR count). The number of rotatable bonds is 22. The van der Waals surface area contributed by atoms with Gasteiger partial charge in [-0.1, -0.05) is 73.7 Å². The van der Waals surface area contributed by atoms with Crippen LogP contribution in [0.15, 0.2) is 104 Å². The van der Waals surface area contributed by atoms with Crippen molar-refractivity contribution in [1.29, 1.82) is 0 Å². The van der Waals surface area contributed by atoms with Crippen molar-refractivity contribution in [2.45, 2.75) is 64.0 Å². The maximum atomic E-state index is 14.2. The van der Waals surface area contributed by atoms with Crippen LogP contribution in [0.4, 0.5) is 0 Å². The molecule has 14 heteroatoms. The van der Waals surface area contributed by atoms with Gasteiger partial charge in [0.05, 0.1) is 25.0 Å². The van der Waals surface area contributed by atoms with Gasteiger partial charge in [-0.05, 0) is 48.1 Å². The van der Waals surface area contributed by atoms with Crippen molar-refractivity contribution in [3.05, 3.63) is 126 Å². The second-order valence-corrected chi connectivity index (χ2v) is 15.3. The molecule has 14 nitrogen and oxygen atoms in total. The Morgan fingerprint density at radius 2 is 1.27 bits per heavy atom. The first-order chi connectivity index (χ1) is 28.4. The lowest BCUT2D eigenvalue weighted by atomic mass is 9.90. The lowest BCUT2D eigenvalue weighted by Crippen LogP contribution is -2.47. The zero-order valence-electron chi connectivity index (χ0n) is 32.9. The van der Waals surface area contributed by atoms with Crippen LogP contribution in [0, 0.1) is 17.8 Å². The molecule has 0 saturated heterocycles. The number of carbonyl (C=O) groups is 6. The average molecular weight is 799 g/mol. The van der Waals surface area contributed by atoms with E-state index < -0.39 is 59.9 Å². The van der Waals surface area contributed by atoms with E-state index in [-0.39, 0.29) is 56.5 Å². The second-order valence-electron chi connectivity index (χ2n) is 15.3. The molecule has 0 aliphatic rings. The van der Waals surface area contributed by atoms with E-state index >= 15 is 0 Å². The molecule has 0 aliphatic heterocycles. The highest BCUT2D eigenvalue weighted by Crippen LogP contribution is 2.25. The number of hydrogen-bond acceptors (Lipinski definition) is 8. The van der Waals surface area contributed by atoms with Crippen LogP contribution in [0.3, 0.4) is 0 Å². The van der Waals surface area contributed by atoms with Crippen molar-refractivity contribution in [1.82, 2.24) is 30.6 Å². The Hall–Kier alpha value is -6.67. The van der Waals surface area contributed by atoms with Crippen LogP contribution in [-0.2, 0) is 54.5 Å². The SMILES string of the molecule is C[C@H](CC(=O)[C@@H](Cc1ccccc1)NC(=O)[C@@H](CC(=O)CNC(=O)[C@H](CC(=O)[C@@H](N)Cc1cnc[nH]1)Cc1c[nH]c2ccccc12)Cc1c[nH]c2ccccc12)C(N)=O. The molecule has 3 aromatic heterocycles. The van der Waals surface area contributed by atoms with Gasteiger partial charge in [-0.15, -0.1) is 0 Å². The fraction of sp³-hybridized carbons (Fsp3) is 0.311. The number of amides is 3.